The van der Waals surface area contributed by atoms with Crippen molar-refractivity contribution in [2.24, 2.45) is 5.73 Å². The smallest absolute Gasteiger partial charge is 0.330 e. The fraction of sp³-hybridized carbons (Fsp3) is 0.421. The van der Waals surface area contributed by atoms with E-state index in [0.717, 1.165) is 5.56 Å². The first-order valence-corrected chi connectivity index (χ1v) is 9.18. The molecule has 5 N–H and O–H groups in total. The van der Waals surface area contributed by atoms with Crippen LogP contribution < -0.4 is 27.6 Å². The number of methoxy groups -OCH3 is 1. The fourth-order valence-electron chi connectivity index (χ4n) is 2.61. The molecule has 9 nitrogen and oxygen atoms in total. The summed E-state index contributed by atoms with van der Waals surface area (Å²) in [6.45, 7) is 2.91. The minimum Gasteiger partial charge on any atom is -0.385 e. The Morgan fingerprint density at radius 3 is 2.64 bits per heavy atom. The van der Waals surface area contributed by atoms with E-state index in [0.29, 0.717) is 26.0 Å². The molecule has 9 heteroatoms. The van der Waals surface area contributed by atoms with Crippen LogP contribution in [0.4, 0.5) is 11.5 Å². The predicted octanol–water partition coefficient (Wildman–Crippen LogP) is 0.709. The molecule has 0 saturated heterocycles. The number of nitrogens with zero attached hydrogens (tertiary/aromatic N) is 1. The second-order valence-corrected chi connectivity index (χ2v) is 6.33. The Balaban J connectivity index is 2.46. The molecular weight excluding hydrogens is 362 g/mol. The highest BCUT2D eigenvalue weighted by Gasteiger charge is 2.20. The van der Waals surface area contributed by atoms with Crippen molar-refractivity contribution in [3.8, 4) is 0 Å². The zero-order valence-electron chi connectivity index (χ0n) is 16.2. The molecule has 1 atom stereocenters. The number of hydrogen-bond acceptors (Lipinski definition) is 6. The number of amides is 1. The molecule has 0 aliphatic heterocycles. The van der Waals surface area contributed by atoms with Gasteiger partial charge in [0.25, 0.3) is 5.56 Å². The molecule has 1 aromatic carbocycles. The summed E-state index contributed by atoms with van der Waals surface area (Å²) < 4.78 is 6.32. The number of carbonyl (C=O) groups is 1. The van der Waals surface area contributed by atoms with Gasteiger partial charge in [0, 0.05) is 20.3 Å². The molecule has 0 aliphatic rings. The quantitative estimate of drug-likeness (QED) is 0.443. The maximum Gasteiger partial charge on any atom is 0.330 e. The number of aromatic amines is 1. The van der Waals surface area contributed by atoms with E-state index in [1.165, 1.54) is 4.57 Å². The Hall–Kier alpha value is -2.91. The number of aromatic nitrogens is 2. The van der Waals surface area contributed by atoms with E-state index in [-0.39, 0.29) is 18.1 Å². The van der Waals surface area contributed by atoms with Gasteiger partial charge in [0.2, 0.25) is 5.91 Å². The van der Waals surface area contributed by atoms with Gasteiger partial charge in [-0.1, -0.05) is 37.3 Å². The first-order valence-electron chi connectivity index (χ1n) is 9.18. The van der Waals surface area contributed by atoms with Crippen LogP contribution in [-0.2, 0) is 16.1 Å². The molecule has 1 heterocycles. The molecule has 2 rings (SSSR count). The van der Waals surface area contributed by atoms with E-state index >= 15 is 0 Å². The number of carbonyl (C=O) groups excluding carboxylic acids is 1. The third-order valence-electron chi connectivity index (χ3n) is 4.23. The maximum atomic E-state index is 12.5. The molecule has 0 fully saturated rings. The Labute approximate surface area is 162 Å². The molecule has 0 unspecified atom stereocenters. The first-order chi connectivity index (χ1) is 13.5. The average molecular weight is 389 g/mol. The van der Waals surface area contributed by atoms with Crippen LogP contribution in [0.15, 0.2) is 39.9 Å². The molecule has 1 amide bonds. The average Bonchev–Trinajstić information content (AvgIpc) is 2.69. The van der Waals surface area contributed by atoms with Crippen molar-refractivity contribution in [2.45, 2.75) is 32.4 Å². The SMILES string of the molecule is CC[C@H](N)C(=O)Nc1c(NCCCOC)c(=O)[nH]c(=O)n1Cc1ccccc1. The number of nitrogens with two attached hydrogens (primary N) is 1. The number of hydrogen-bond donors (Lipinski definition) is 4. The highest BCUT2D eigenvalue weighted by Crippen LogP contribution is 2.17. The molecule has 0 bridgehead atoms. The number of ether oxygens (including phenoxy) is 1. The predicted molar refractivity (Wildman–Crippen MR) is 109 cm³/mol. The Kier molecular flexibility index (Phi) is 7.97. The lowest BCUT2D eigenvalue weighted by Crippen LogP contribution is -2.40. The summed E-state index contributed by atoms with van der Waals surface area (Å²) in [5.74, 6) is -0.363. The number of benzene rings is 1. The van der Waals surface area contributed by atoms with Gasteiger partial charge in [-0.05, 0) is 18.4 Å². The van der Waals surface area contributed by atoms with Crippen molar-refractivity contribution in [3.05, 3.63) is 56.7 Å². The summed E-state index contributed by atoms with van der Waals surface area (Å²) in [7, 11) is 1.59. The lowest BCUT2D eigenvalue weighted by Gasteiger charge is -2.19. The molecule has 28 heavy (non-hydrogen) atoms. The summed E-state index contributed by atoms with van der Waals surface area (Å²) in [4.78, 5) is 39.6. The molecule has 0 aliphatic carbocycles. The minimum absolute atomic E-state index is 0.101. The molecule has 1 aromatic heterocycles. The zero-order chi connectivity index (χ0) is 20.5. The van der Waals surface area contributed by atoms with Gasteiger partial charge < -0.3 is 21.1 Å². The van der Waals surface area contributed by atoms with Crippen molar-refractivity contribution >= 4 is 17.4 Å². The second-order valence-electron chi connectivity index (χ2n) is 6.33. The van der Waals surface area contributed by atoms with Crippen LogP contribution in [0, 0.1) is 0 Å². The molecule has 0 saturated carbocycles. The summed E-state index contributed by atoms with van der Waals surface area (Å²) in [6, 6.07) is 8.52. The van der Waals surface area contributed by atoms with Gasteiger partial charge >= 0.3 is 5.69 Å². The first kappa shape index (κ1) is 21.4. The van der Waals surface area contributed by atoms with Crippen molar-refractivity contribution in [2.75, 3.05) is 30.9 Å². The van der Waals surface area contributed by atoms with Crippen LogP contribution in [0.2, 0.25) is 0 Å². The summed E-state index contributed by atoms with van der Waals surface area (Å²) in [6.07, 6.45) is 1.07. The molecular formula is C19H27N5O4. The highest BCUT2D eigenvalue weighted by atomic mass is 16.5. The van der Waals surface area contributed by atoms with Crippen LogP contribution in [0.5, 0.6) is 0 Å². The van der Waals surface area contributed by atoms with Crippen LogP contribution in [0.3, 0.4) is 0 Å². The number of rotatable bonds is 10. The highest BCUT2D eigenvalue weighted by molar-refractivity contribution is 5.96. The number of anilines is 2. The lowest BCUT2D eigenvalue weighted by atomic mass is 10.2. The van der Waals surface area contributed by atoms with Crippen LogP contribution in [0.25, 0.3) is 0 Å². The van der Waals surface area contributed by atoms with Gasteiger partial charge in [-0.25, -0.2) is 4.79 Å². The Morgan fingerprint density at radius 1 is 1.29 bits per heavy atom. The maximum absolute atomic E-state index is 12.5. The van der Waals surface area contributed by atoms with Crippen LogP contribution >= 0.6 is 0 Å². The summed E-state index contributed by atoms with van der Waals surface area (Å²) in [5.41, 5.74) is 5.55. The topological polar surface area (TPSA) is 131 Å². The number of nitrogens with one attached hydrogen (secondary N) is 3. The summed E-state index contributed by atoms with van der Waals surface area (Å²) >= 11 is 0. The van der Waals surface area contributed by atoms with E-state index in [4.69, 9.17) is 10.5 Å². The minimum atomic E-state index is -0.749. The van der Waals surface area contributed by atoms with Gasteiger partial charge in [-0.2, -0.15) is 0 Å². The van der Waals surface area contributed by atoms with E-state index in [9.17, 15) is 14.4 Å². The van der Waals surface area contributed by atoms with Gasteiger partial charge in [0.1, 0.15) is 11.5 Å². The van der Waals surface area contributed by atoms with Crippen LogP contribution in [-0.4, -0.2) is 41.8 Å². The van der Waals surface area contributed by atoms with E-state index in [1.54, 1.807) is 14.0 Å². The number of H-pyrrole nitrogens is 1. The summed E-state index contributed by atoms with van der Waals surface area (Å²) in [5, 5.41) is 5.65. The van der Waals surface area contributed by atoms with Crippen LogP contribution in [0.1, 0.15) is 25.3 Å². The van der Waals surface area contributed by atoms with Crippen molar-refractivity contribution in [3.63, 3.8) is 0 Å². The van der Waals surface area contributed by atoms with E-state index < -0.39 is 23.2 Å². The largest absolute Gasteiger partial charge is 0.385 e. The monoisotopic (exact) mass is 389 g/mol. The van der Waals surface area contributed by atoms with Crippen molar-refractivity contribution < 1.29 is 9.53 Å². The molecule has 0 spiro atoms. The fourth-order valence-corrected chi connectivity index (χ4v) is 2.61. The van der Waals surface area contributed by atoms with Gasteiger partial charge in [0.05, 0.1) is 12.6 Å². The van der Waals surface area contributed by atoms with Gasteiger partial charge in [0.15, 0.2) is 0 Å². The van der Waals surface area contributed by atoms with E-state index in [1.807, 2.05) is 30.3 Å². The van der Waals surface area contributed by atoms with Crippen molar-refractivity contribution in [1.29, 1.82) is 0 Å². The lowest BCUT2D eigenvalue weighted by molar-refractivity contribution is -0.117. The van der Waals surface area contributed by atoms with Crippen molar-refractivity contribution in [1.82, 2.24) is 9.55 Å². The Bertz CT molecular complexity index is 891. The second kappa shape index (κ2) is 10.4. The zero-order valence-corrected chi connectivity index (χ0v) is 16.2. The van der Waals surface area contributed by atoms with Gasteiger partial charge in [-0.15, -0.1) is 0 Å². The molecule has 152 valence electrons. The third kappa shape index (κ3) is 5.54. The standard InChI is InChI=1S/C19H27N5O4/c1-3-14(20)17(25)22-16-15(21-10-7-11-28-2)18(26)23-19(27)24(16)12-13-8-5-4-6-9-13/h4-6,8-9,14,21H,3,7,10-12,20H2,1-2H3,(H,22,25)(H,23,26,27)/t14-/m0/s1. The van der Waals surface area contributed by atoms with E-state index in [2.05, 4.69) is 15.6 Å². The third-order valence-corrected chi connectivity index (χ3v) is 4.23. The molecule has 2 aromatic rings. The Morgan fingerprint density at radius 2 is 2.00 bits per heavy atom. The molecule has 0 radical (unpaired) electrons. The normalized spacial score (nSPS) is 11.8. The van der Waals surface area contributed by atoms with Gasteiger partial charge in [-0.3, -0.25) is 19.1 Å².